The lowest BCUT2D eigenvalue weighted by Gasteiger charge is -2.36. The molecule has 0 aromatic carbocycles. The van der Waals surface area contributed by atoms with Crippen LogP contribution in [-0.4, -0.2) is 58.6 Å². The summed E-state index contributed by atoms with van der Waals surface area (Å²) in [5, 5.41) is 7.68. The van der Waals surface area contributed by atoms with Gasteiger partial charge in [-0.1, -0.05) is 0 Å². The zero-order valence-electron chi connectivity index (χ0n) is 14.2. The summed E-state index contributed by atoms with van der Waals surface area (Å²) in [4.78, 5) is 17.4. The summed E-state index contributed by atoms with van der Waals surface area (Å²) < 4.78 is 0. The van der Waals surface area contributed by atoms with Crippen LogP contribution in [0.2, 0.25) is 0 Å². The number of likely N-dealkylation sites (N-methyl/N-ethyl adjacent to an activating group) is 1. The van der Waals surface area contributed by atoms with Gasteiger partial charge in [-0.3, -0.25) is 9.89 Å². The van der Waals surface area contributed by atoms with Crippen molar-refractivity contribution < 1.29 is 4.79 Å². The highest BCUT2D eigenvalue weighted by atomic mass is 16.2. The highest BCUT2D eigenvalue weighted by Crippen LogP contribution is 2.28. The third kappa shape index (κ3) is 3.03. The first-order valence-corrected chi connectivity index (χ1v) is 9.23. The zero-order chi connectivity index (χ0) is 15.8. The van der Waals surface area contributed by atoms with Crippen LogP contribution >= 0.6 is 0 Å². The third-order valence-electron chi connectivity index (χ3n) is 5.93. The molecule has 2 bridgehead atoms. The monoisotopic (exact) mass is 316 g/mol. The van der Waals surface area contributed by atoms with Crippen LogP contribution in [0.15, 0.2) is 0 Å². The smallest absolute Gasteiger partial charge is 0.223 e. The van der Waals surface area contributed by atoms with E-state index in [9.17, 15) is 4.79 Å². The van der Waals surface area contributed by atoms with Crippen molar-refractivity contribution in [3.05, 3.63) is 17.0 Å². The maximum absolute atomic E-state index is 12.8. The quantitative estimate of drug-likeness (QED) is 0.925. The number of aromatic nitrogens is 2. The molecule has 1 aliphatic carbocycles. The van der Waals surface area contributed by atoms with E-state index in [1.54, 1.807) is 0 Å². The third-order valence-corrected chi connectivity index (χ3v) is 5.93. The number of rotatable bonds is 3. The number of amides is 1. The molecule has 4 heterocycles. The Morgan fingerprint density at radius 3 is 3.00 bits per heavy atom. The molecule has 1 amide bonds. The van der Waals surface area contributed by atoms with Crippen LogP contribution < -0.4 is 0 Å². The summed E-state index contributed by atoms with van der Waals surface area (Å²) in [6, 6.07) is 0.430. The molecule has 0 radical (unpaired) electrons. The Morgan fingerprint density at radius 1 is 1.22 bits per heavy atom. The van der Waals surface area contributed by atoms with Gasteiger partial charge in [0.2, 0.25) is 5.91 Å². The van der Waals surface area contributed by atoms with Gasteiger partial charge in [-0.2, -0.15) is 5.10 Å². The number of hydrogen-bond acceptors (Lipinski definition) is 3. The van der Waals surface area contributed by atoms with Crippen molar-refractivity contribution in [2.75, 3.05) is 26.7 Å². The zero-order valence-corrected chi connectivity index (χ0v) is 14.2. The minimum atomic E-state index is 0.336. The fraction of sp³-hybridized carbons (Fsp3) is 0.778. The summed E-state index contributed by atoms with van der Waals surface area (Å²) in [5.74, 6) is 1.00. The molecule has 5 nitrogen and oxygen atoms in total. The topological polar surface area (TPSA) is 52.2 Å². The Balaban J connectivity index is 1.39. The van der Waals surface area contributed by atoms with E-state index >= 15 is 0 Å². The van der Waals surface area contributed by atoms with Crippen molar-refractivity contribution in [3.63, 3.8) is 0 Å². The second-order valence-corrected chi connectivity index (χ2v) is 7.70. The Labute approximate surface area is 138 Å². The van der Waals surface area contributed by atoms with Crippen molar-refractivity contribution in [1.82, 2.24) is 20.0 Å². The molecule has 5 rings (SSSR count). The standard InChI is InChI=1S/C18H28N4O/c1-21-10-13-6-7-14(12-21)22(11-13)18(23)9-8-17-15-4-2-3-5-16(15)19-20-17/h13-14H,2-12H2,1H3,(H,19,20)/t13-,14+/m1/s1. The van der Waals surface area contributed by atoms with Crippen molar-refractivity contribution in [2.45, 2.75) is 57.4 Å². The van der Waals surface area contributed by atoms with Crippen molar-refractivity contribution in [2.24, 2.45) is 5.92 Å². The van der Waals surface area contributed by atoms with Gasteiger partial charge in [0.05, 0.1) is 5.69 Å². The SMILES string of the molecule is CN1C[C@H]2CC[C@@H](C1)N(C(=O)CCc1n[nH]c3c1CCCC3)C2. The van der Waals surface area contributed by atoms with E-state index in [1.165, 1.54) is 36.9 Å². The highest BCUT2D eigenvalue weighted by molar-refractivity contribution is 5.77. The predicted octanol–water partition coefficient (Wildman–Crippen LogP) is 1.77. The van der Waals surface area contributed by atoms with Crippen molar-refractivity contribution in [1.29, 1.82) is 0 Å². The van der Waals surface area contributed by atoms with Gasteiger partial charge in [0.25, 0.3) is 0 Å². The van der Waals surface area contributed by atoms with E-state index in [2.05, 4.69) is 27.0 Å². The molecule has 0 unspecified atom stereocenters. The van der Waals surface area contributed by atoms with E-state index in [-0.39, 0.29) is 0 Å². The lowest BCUT2D eigenvalue weighted by Crippen LogP contribution is -2.47. The number of nitrogens with zero attached hydrogens (tertiary/aromatic N) is 3. The number of piperidine rings is 1. The van der Waals surface area contributed by atoms with Crippen molar-refractivity contribution in [3.8, 4) is 0 Å². The minimum absolute atomic E-state index is 0.336. The first-order chi connectivity index (χ1) is 11.2. The van der Waals surface area contributed by atoms with Crippen molar-refractivity contribution >= 4 is 5.91 Å². The first-order valence-electron chi connectivity index (χ1n) is 9.23. The minimum Gasteiger partial charge on any atom is -0.338 e. The van der Waals surface area contributed by atoms with Crippen LogP contribution in [0.1, 0.15) is 49.1 Å². The number of hydrogen-bond donors (Lipinski definition) is 1. The average molecular weight is 316 g/mol. The van der Waals surface area contributed by atoms with Gasteiger partial charge in [0, 0.05) is 44.2 Å². The number of nitrogens with one attached hydrogen (secondary N) is 1. The number of carbonyl (C=O) groups excluding carboxylic acids is 1. The van der Waals surface area contributed by atoms with Gasteiger partial charge in [0.1, 0.15) is 0 Å². The summed E-state index contributed by atoms with van der Waals surface area (Å²) in [6.45, 7) is 3.15. The molecule has 1 aromatic heterocycles. The van der Waals surface area contributed by atoms with E-state index in [4.69, 9.17) is 0 Å². The molecule has 3 fully saturated rings. The number of aromatic amines is 1. The predicted molar refractivity (Wildman–Crippen MR) is 89.3 cm³/mol. The Hall–Kier alpha value is -1.36. The fourth-order valence-corrected chi connectivity index (χ4v) is 4.75. The van der Waals surface area contributed by atoms with Gasteiger partial charge in [-0.15, -0.1) is 0 Å². The number of carbonyl (C=O) groups is 1. The summed E-state index contributed by atoms with van der Waals surface area (Å²) in [6.07, 6.45) is 8.66. The van der Waals surface area contributed by atoms with E-state index in [1.807, 2.05) is 0 Å². The lowest BCUT2D eigenvalue weighted by atomic mass is 9.93. The Bertz CT molecular complexity index is 582. The maximum atomic E-state index is 12.8. The summed E-state index contributed by atoms with van der Waals surface area (Å²) in [5.41, 5.74) is 3.86. The molecular weight excluding hydrogens is 288 g/mol. The second kappa shape index (κ2) is 6.27. The molecule has 0 saturated carbocycles. The molecule has 4 aliphatic rings. The Kier molecular flexibility index (Phi) is 4.14. The molecule has 2 atom stereocenters. The van der Waals surface area contributed by atoms with Crippen LogP contribution in [0.3, 0.4) is 0 Å². The van der Waals surface area contributed by atoms with Crippen LogP contribution in [0.25, 0.3) is 0 Å². The van der Waals surface area contributed by atoms with E-state index < -0.39 is 0 Å². The van der Waals surface area contributed by atoms with Gasteiger partial charge < -0.3 is 9.80 Å². The van der Waals surface area contributed by atoms with Gasteiger partial charge >= 0.3 is 0 Å². The normalized spacial score (nSPS) is 27.8. The average Bonchev–Trinajstić information content (AvgIpc) is 2.79. The van der Waals surface area contributed by atoms with Gasteiger partial charge in [-0.05, 0) is 57.1 Å². The fourth-order valence-electron chi connectivity index (χ4n) is 4.75. The molecule has 1 N–H and O–H groups in total. The van der Waals surface area contributed by atoms with Crippen LogP contribution in [0.5, 0.6) is 0 Å². The molecule has 23 heavy (non-hydrogen) atoms. The van der Waals surface area contributed by atoms with E-state index in [0.717, 1.165) is 44.6 Å². The number of aryl methyl sites for hydroxylation is 2. The van der Waals surface area contributed by atoms with Crippen LogP contribution in [-0.2, 0) is 24.1 Å². The van der Waals surface area contributed by atoms with E-state index in [0.29, 0.717) is 24.3 Å². The van der Waals surface area contributed by atoms with Gasteiger partial charge in [0.15, 0.2) is 0 Å². The number of H-pyrrole nitrogens is 1. The molecule has 126 valence electrons. The second-order valence-electron chi connectivity index (χ2n) is 7.70. The molecular formula is C18H28N4O. The highest BCUT2D eigenvalue weighted by Gasteiger charge is 2.35. The molecule has 1 aromatic rings. The molecule has 5 heteroatoms. The first kappa shape index (κ1) is 15.2. The number of fused-ring (bicyclic) bond motifs is 5. The summed E-state index contributed by atoms with van der Waals surface area (Å²) >= 11 is 0. The largest absolute Gasteiger partial charge is 0.338 e. The summed E-state index contributed by atoms with van der Waals surface area (Å²) in [7, 11) is 2.19. The Morgan fingerprint density at radius 2 is 2.09 bits per heavy atom. The molecule has 3 aliphatic heterocycles. The lowest BCUT2D eigenvalue weighted by molar-refractivity contribution is -0.135. The van der Waals surface area contributed by atoms with Gasteiger partial charge in [-0.25, -0.2) is 0 Å². The molecule has 0 spiro atoms. The van der Waals surface area contributed by atoms with Crippen LogP contribution in [0.4, 0.5) is 0 Å². The maximum Gasteiger partial charge on any atom is 0.223 e. The molecule has 3 saturated heterocycles. The van der Waals surface area contributed by atoms with Crippen LogP contribution in [0, 0.1) is 5.92 Å².